The van der Waals surface area contributed by atoms with Crippen LogP contribution in [-0.4, -0.2) is 20.6 Å². The Kier molecular flexibility index (Phi) is 9.02. The molecule has 1 amide bonds. The summed E-state index contributed by atoms with van der Waals surface area (Å²) >= 11 is 0. The van der Waals surface area contributed by atoms with Gasteiger partial charge in [-0.15, -0.1) is 0 Å². The molecular weight excluding hydrogens is 569 g/mol. The van der Waals surface area contributed by atoms with Gasteiger partial charge in [-0.1, -0.05) is 24.3 Å². The first-order valence-corrected chi connectivity index (χ1v) is 13.4. The van der Waals surface area contributed by atoms with E-state index in [1.165, 1.54) is 13.0 Å². The van der Waals surface area contributed by atoms with Crippen molar-refractivity contribution in [2.75, 3.05) is 11.0 Å². The number of halogens is 7. The van der Waals surface area contributed by atoms with Gasteiger partial charge < -0.3 is 10.1 Å². The fraction of sp³-hybridized carbons (Fsp3) is 0.269. The summed E-state index contributed by atoms with van der Waals surface area (Å²) < 4.78 is 123. The molecule has 0 fully saturated rings. The molecule has 6 nitrogen and oxygen atoms in total. The van der Waals surface area contributed by atoms with Crippen molar-refractivity contribution in [3.63, 3.8) is 0 Å². The topological polar surface area (TPSA) is 84.5 Å². The highest BCUT2D eigenvalue weighted by Crippen LogP contribution is 2.34. The summed E-state index contributed by atoms with van der Waals surface area (Å²) in [5, 5.41) is 2.53. The lowest BCUT2D eigenvalue weighted by molar-refractivity contribution is -0.138. The first-order chi connectivity index (χ1) is 18.4. The Bertz CT molecular complexity index is 1470. The second kappa shape index (κ2) is 11.7. The number of hydrogen-bond donors (Lipinski definition) is 2. The molecule has 3 aromatic rings. The van der Waals surface area contributed by atoms with Crippen molar-refractivity contribution in [2.45, 2.75) is 38.3 Å². The summed E-state index contributed by atoms with van der Waals surface area (Å²) in [5.41, 5.74) is -1.60. The van der Waals surface area contributed by atoms with Gasteiger partial charge in [0.15, 0.2) is 0 Å². The molecule has 0 radical (unpaired) electrons. The zero-order valence-corrected chi connectivity index (χ0v) is 21.8. The van der Waals surface area contributed by atoms with E-state index in [1.54, 1.807) is 0 Å². The first kappa shape index (κ1) is 30.7. The predicted molar refractivity (Wildman–Crippen MR) is 132 cm³/mol. The number of benzene rings is 3. The molecule has 3 aromatic carbocycles. The molecular formula is C26H23F7N2O4S. The number of ether oxygens (including phenoxy) is 1. The molecule has 0 aliphatic carbocycles. The molecule has 14 heteroatoms. The summed E-state index contributed by atoms with van der Waals surface area (Å²) in [6.07, 6.45) is -8.41. The van der Waals surface area contributed by atoms with Crippen LogP contribution in [0.25, 0.3) is 0 Å². The standard InChI is InChI=1S/C26H23F7N2O4S/c1-15(17-6-10-22(21(27)11-17)35-40(2,37)38)24(36)34-13-18-5-9-20(26(31,32)33)12-23(18)39-14-16-3-7-19(8-4-16)25(28,29)30/h3-12,15,35H,13-14H2,1-2H3,(H,34,36). The molecule has 0 saturated heterocycles. The molecule has 0 saturated carbocycles. The summed E-state index contributed by atoms with van der Waals surface area (Å²) in [7, 11) is -3.73. The third kappa shape index (κ3) is 8.34. The highest BCUT2D eigenvalue weighted by molar-refractivity contribution is 7.92. The summed E-state index contributed by atoms with van der Waals surface area (Å²) in [5.74, 6) is -2.70. The maximum absolute atomic E-state index is 14.3. The lowest BCUT2D eigenvalue weighted by Gasteiger charge is -2.17. The van der Waals surface area contributed by atoms with Gasteiger partial charge in [-0.2, -0.15) is 26.3 Å². The minimum absolute atomic E-state index is 0.152. The highest BCUT2D eigenvalue weighted by atomic mass is 32.2. The third-order valence-corrected chi connectivity index (χ3v) is 6.30. The fourth-order valence-corrected chi connectivity index (χ4v) is 4.10. The molecule has 0 spiro atoms. The maximum Gasteiger partial charge on any atom is 0.416 e. The molecule has 0 aliphatic heterocycles. The van der Waals surface area contributed by atoms with Crippen LogP contribution in [0.15, 0.2) is 60.7 Å². The minimum Gasteiger partial charge on any atom is -0.489 e. The Morgan fingerprint density at radius 1 is 0.900 bits per heavy atom. The van der Waals surface area contributed by atoms with E-state index in [0.29, 0.717) is 0 Å². The molecule has 40 heavy (non-hydrogen) atoms. The number of hydrogen-bond acceptors (Lipinski definition) is 4. The van der Waals surface area contributed by atoms with Crippen molar-refractivity contribution in [3.05, 3.63) is 94.3 Å². The Labute approximate surface area is 225 Å². The number of alkyl halides is 6. The summed E-state index contributed by atoms with van der Waals surface area (Å²) in [6, 6.07) is 9.99. The lowest BCUT2D eigenvalue weighted by Crippen LogP contribution is -2.28. The zero-order chi connectivity index (χ0) is 29.9. The number of rotatable bonds is 9. The van der Waals surface area contributed by atoms with Crippen molar-refractivity contribution in [1.82, 2.24) is 5.32 Å². The van der Waals surface area contributed by atoms with Gasteiger partial charge in [0.1, 0.15) is 18.2 Å². The molecule has 0 aromatic heterocycles. The maximum atomic E-state index is 14.3. The van der Waals surface area contributed by atoms with Gasteiger partial charge >= 0.3 is 12.4 Å². The minimum atomic E-state index is -4.70. The highest BCUT2D eigenvalue weighted by Gasteiger charge is 2.32. The van der Waals surface area contributed by atoms with E-state index in [-0.39, 0.29) is 41.3 Å². The Hall–Kier alpha value is -3.81. The van der Waals surface area contributed by atoms with Gasteiger partial charge in [0, 0.05) is 12.1 Å². The van der Waals surface area contributed by atoms with E-state index in [1.807, 2.05) is 4.72 Å². The van der Waals surface area contributed by atoms with Crippen molar-refractivity contribution in [3.8, 4) is 5.75 Å². The van der Waals surface area contributed by atoms with Crippen molar-refractivity contribution in [1.29, 1.82) is 0 Å². The normalized spacial score (nSPS) is 13.0. The van der Waals surface area contributed by atoms with Gasteiger partial charge in [0.05, 0.1) is 29.0 Å². The number of anilines is 1. The summed E-state index contributed by atoms with van der Waals surface area (Å²) in [4.78, 5) is 12.7. The number of carbonyl (C=O) groups excluding carboxylic acids is 1. The SMILES string of the molecule is CC(C(=O)NCc1ccc(C(F)(F)F)cc1OCc1ccc(C(F)(F)F)cc1)c1ccc(NS(C)(=O)=O)c(F)c1. The van der Waals surface area contributed by atoms with Gasteiger partial charge in [-0.25, -0.2) is 12.8 Å². The largest absolute Gasteiger partial charge is 0.489 e. The molecule has 1 atom stereocenters. The van der Waals surface area contributed by atoms with Gasteiger partial charge in [-0.05, 0) is 54.4 Å². The average Bonchev–Trinajstić information content (AvgIpc) is 2.85. The second-order valence-corrected chi connectivity index (χ2v) is 10.6. The van der Waals surface area contributed by atoms with E-state index in [9.17, 15) is 43.9 Å². The van der Waals surface area contributed by atoms with Crippen LogP contribution in [0.2, 0.25) is 0 Å². The number of amides is 1. The second-order valence-electron chi connectivity index (χ2n) is 8.86. The van der Waals surface area contributed by atoms with Gasteiger partial charge in [0.25, 0.3) is 0 Å². The van der Waals surface area contributed by atoms with Gasteiger partial charge in [0.2, 0.25) is 15.9 Å². The summed E-state index contributed by atoms with van der Waals surface area (Å²) in [6.45, 7) is 0.826. The molecule has 0 heterocycles. The average molecular weight is 593 g/mol. The van der Waals surface area contributed by atoms with Gasteiger partial charge in [-0.3, -0.25) is 9.52 Å². The molecule has 0 aliphatic rings. The predicted octanol–water partition coefficient (Wildman–Crippen LogP) is 6.23. The number of nitrogens with one attached hydrogen (secondary N) is 2. The van der Waals surface area contributed by atoms with E-state index in [4.69, 9.17) is 4.74 Å². The molecule has 0 bridgehead atoms. The van der Waals surface area contributed by atoms with E-state index in [0.717, 1.165) is 60.9 Å². The first-order valence-electron chi connectivity index (χ1n) is 11.5. The van der Waals surface area contributed by atoms with E-state index in [2.05, 4.69) is 5.32 Å². The van der Waals surface area contributed by atoms with E-state index < -0.39 is 51.1 Å². The van der Waals surface area contributed by atoms with Crippen LogP contribution in [0.1, 0.15) is 40.7 Å². The van der Waals surface area contributed by atoms with Crippen molar-refractivity contribution in [2.24, 2.45) is 0 Å². The molecule has 1 unspecified atom stereocenters. The van der Waals surface area contributed by atoms with Crippen LogP contribution in [0.3, 0.4) is 0 Å². The molecule has 216 valence electrons. The van der Waals surface area contributed by atoms with Crippen LogP contribution in [0.4, 0.5) is 36.4 Å². The molecule has 2 N–H and O–H groups in total. The molecule has 3 rings (SSSR count). The Morgan fingerprint density at radius 2 is 1.50 bits per heavy atom. The Balaban J connectivity index is 1.74. The van der Waals surface area contributed by atoms with Crippen LogP contribution < -0.4 is 14.8 Å². The van der Waals surface area contributed by atoms with Crippen molar-refractivity contribution >= 4 is 21.6 Å². The van der Waals surface area contributed by atoms with Crippen LogP contribution in [0, 0.1) is 5.82 Å². The van der Waals surface area contributed by atoms with Crippen molar-refractivity contribution < 1.29 is 48.7 Å². The van der Waals surface area contributed by atoms with E-state index >= 15 is 0 Å². The Morgan fingerprint density at radius 3 is 2.05 bits per heavy atom. The van der Waals surface area contributed by atoms with Crippen LogP contribution in [0.5, 0.6) is 5.75 Å². The monoisotopic (exact) mass is 592 g/mol. The lowest BCUT2D eigenvalue weighted by atomic mass is 9.99. The zero-order valence-electron chi connectivity index (χ0n) is 21.0. The van der Waals surface area contributed by atoms with Crippen LogP contribution >= 0.6 is 0 Å². The number of carbonyl (C=O) groups is 1. The third-order valence-electron chi connectivity index (χ3n) is 5.70. The number of sulfonamides is 1. The van der Waals surface area contributed by atoms with Crippen LogP contribution in [-0.2, 0) is 40.3 Å². The quantitative estimate of drug-likeness (QED) is 0.289. The fourth-order valence-electron chi connectivity index (χ4n) is 3.53. The smallest absolute Gasteiger partial charge is 0.416 e.